The van der Waals surface area contributed by atoms with Gasteiger partial charge in [0.1, 0.15) is 11.9 Å². The second-order valence-electron chi connectivity index (χ2n) is 5.09. The summed E-state index contributed by atoms with van der Waals surface area (Å²) >= 11 is 5.76. The third kappa shape index (κ3) is 6.01. The Bertz CT molecular complexity index is 573. The van der Waals surface area contributed by atoms with Crippen LogP contribution in [-0.4, -0.2) is 37.4 Å². The van der Waals surface area contributed by atoms with E-state index in [9.17, 15) is 18.0 Å². The van der Waals surface area contributed by atoms with Gasteiger partial charge in [0, 0.05) is 17.6 Å². The number of halogens is 5. The molecule has 0 unspecified atom stereocenters. The molecule has 0 aromatic heterocycles. The highest BCUT2D eigenvalue weighted by molar-refractivity contribution is 6.30. The second kappa shape index (κ2) is 8.75. The van der Waals surface area contributed by atoms with Crippen LogP contribution in [0.2, 0.25) is 5.02 Å². The van der Waals surface area contributed by atoms with Crippen molar-refractivity contribution < 1.29 is 27.4 Å². The standard InChI is InChI=1S/C14H16ClF3N2O3.ClH/c15-8-1-3-10(12(5-8)22-7-14(16,17)18)20-13(21)11-4-2-9(6-19)23-11;/h1,3,5,9,11H,2,4,6-7,19H2,(H,20,21);1H/t9-,11+;/m1./s1. The van der Waals surface area contributed by atoms with Crippen molar-refractivity contribution in [2.45, 2.75) is 31.2 Å². The summed E-state index contributed by atoms with van der Waals surface area (Å²) in [5, 5.41) is 2.70. The first-order chi connectivity index (χ1) is 10.8. The Morgan fingerprint density at radius 2 is 2.12 bits per heavy atom. The second-order valence-corrected chi connectivity index (χ2v) is 5.53. The van der Waals surface area contributed by atoms with Crippen LogP contribution in [0.4, 0.5) is 18.9 Å². The van der Waals surface area contributed by atoms with Crippen LogP contribution in [0.3, 0.4) is 0 Å². The van der Waals surface area contributed by atoms with E-state index in [-0.39, 0.29) is 35.0 Å². The Morgan fingerprint density at radius 3 is 2.71 bits per heavy atom. The van der Waals surface area contributed by atoms with Gasteiger partial charge in [0.2, 0.25) is 0 Å². The quantitative estimate of drug-likeness (QED) is 0.812. The third-order valence-corrected chi connectivity index (χ3v) is 3.49. The lowest BCUT2D eigenvalue weighted by atomic mass is 10.2. The maximum absolute atomic E-state index is 12.3. The zero-order chi connectivity index (χ0) is 17.0. The summed E-state index contributed by atoms with van der Waals surface area (Å²) in [4.78, 5) is 12.1. The molecule has 136 valence electrons. The van der Waals surface area contributed by atoms with Gasteiger partial charge in [-0.2, -0.15) is 13.2 Å². The van der Waals surface area contributed by atoms with Crippen LogP contribution in [0, 0.1) is 0 Å². The molecular weight excluding hydrogens is 372 g/mol. The summed E-state index contributed by atoms with van der Waals surface area (Å²) in [6.45, 7) is -1.17. The lowest BCUT2D eigenvalue weighted by Crippen LogP contribution is -2.30. The molecule has 1 fully saturated rings. The molecule has 5 nitrogen and oxygen atoms in total. The number of carbonyl (C=O) groups excluding carboxylic acids is 1. The number of carbonyl (C=O) groups is 1. The van der Waals surface area contributed by atoms with Crippen LogP contribution < -0.4 is 15.8 Å². The van der Waals surface area contributed by atoms with Gasteiger partial charge in [-0.1, -0.05) is 11.6 Å². The van der Waals surface area contributed by atoms with Gasteiger partial charge in [0.25, 0.3) is 5.91 Å². The summed E-state index contributed by atoms with van der Waals surface area (Å²) in [5.41, 5.74) is 5.57. The van der Waals surface area contributed by atoms with Gasteiger partial charge in [-0.05, 0) is 25.0 Å². The average Bonchev–Trinajstić information content (AvgIpc) is 2.95. The molecule has 0 aliphatic carbocycles. The predicted molar refractivity (Wildman–Crippen MR) is 85.8 cm³/mol. The van der Waals surface area contributed by atoms with Crippen molar-refractivity contribution in [1.29, 1.82) is 0 Å². The number of ether oxygens (including phenoxy) is 2. The van der Waals surface area contributed by atoms with Gasteiger partial charge in [-0.3, -0.25) is 4.79 Å². The van der Waals surface area contributed by atoms with E-state index in [0.29, 0.717) is 19.4 Å². The minimum atomic E-state index is -4.49. The Morgan fingerprint density at radius 1 is 1.42 bits per heavy atom. The number of alkyl halides is 3. The van der Waals surface area contributed by atoms with Crippen LogP contribution in [-0.2, 0) is 9.53 Å². The maximum atomic E-state index is 12.3. The topological polar surface area (TPSA) is 73.6 Å². The lowest BCUT2D eigenvalue weighted by molar-refractivity contribution is -0.153. The van der Waals surface area contributed by atoms with Gasteiger partial charge < -0.3 is 20.5 Å². The zero-order valence-corrected chi connectivity index (χ0v) is 14.0. The molecule has 1 aliphatic heterocycles. The summed E-state index contributed by atoms with van der Waals surface area (Å²) in [6.07, 6.45) is -4.20. The molecule has 0 bridgehead atoms. The molecule has 1 amide bonds. The molecule has 2 atom stereocenters. The van der Waals surface area contributed by atoms with Gasteiger partial charge in [0.15, 0.2) is 6.61 Å². The van der Waals surface area contributed by atoms with E-state index >= 15 is 0 Å². The minimum Gasteiger partial charge on any atom is -0.482 e. The van der Waals surface area contributed by atoms with E-state index in [2.05, 4.69) is 5.32 Å². The molecule has 0 radical (unpaired) electrons. The molecule has 1 aliphatic rings. The molecular formula is C14H17Cl2F3N2O3. The van der Waals surface area contributed by atoms with Crippen molar-refractivity contribution in [2.75, 3.05) is 18.5 Å². The molecule has 1 aromatic carbocycles. The van der Waals surface area contributed by atoms with E-state index < -0.39 is 24.8 Å². The van der Waals surface area contributed by atoms with Crippen LogP contribution in [0.25, 0.3) is 0 Å². The highest BCUT2D eigenvalue weighted by atomic mass is 35.5. The lowest BCUT2D eigenvalue weighted by Gasteiger charge is -2.16. The predicted octanol–water partition coefficient (Wildman–Crippen LogP) is 3.15. The highest BCUT2D eigenvalue weighted by Gasteiger charge is 2.31. The van der Waals surface area contributed by atoms with Gasteiger partial charge in [-0.25, -0.2) is 0 Å². The van der Waals surface area contributed by atoms with Crippen molar-refractivity contribution in [1.82, 2.24) is 0 Å². The Hall–Kier alpha value is -1.22. The van der Waals surface area contributed by atoms with E-state index in [1.165, 1.54) is 18.2 Å². The number of nitrogens with two attached hydrogens (primary N) is 1. The molecule has 3 N–H and O–H groups in total. The molecule has 0 spiro atoms. The number of hydrogen-bond acceptors (Lipinski definition) is 4. The Labute approximate surface area is 148 Å². The van der Waals surface area contributed by atoms with Crippen LogP contribution in [0.15, 0.2) is 18.2 Å². The first-order valence-corrected chi connectivity index (χ1v) is 7.32. The van der Waals surface area contributed by atoms with Crippen molar-refractivity contribution in [3.05, 3.63) is 23.2 Å². The summed E-state index contributed by atoms with van der Waals surface area (Å²) in [5.74, 6) is -0.614. The SMILES string of the molecule is Cl.NC[C@H]1CC[C@@H](C(=O)Nc2ccc(Cl)cc2OCC(F)(F)F)O1. The fourth-order valence-electron chi connectivity index (χ4n) is 2.16. The van der Waals surface area contributed by atoms with Gasteiger partial charge in [0.05, 0.1) is 11.8 Å². The number of amides is 1. The zero-order valence-electron chi connectivity index (χ0n) is 12.4. The fraction of sp³-hybridized carbons (Fsp3) is 0.500. The highest BCUT2D eigenvalue weighted by Crippen LogP contribution is 2.31. The van der Waals surface area contributed by atoms with E-state index in [1.807, 2.05) is 0 Å². The van der Waals surface area contributed by atoms with Crippen molar-refractivity contribution >= 4 is 35.6 Å². The molecule has 1 saturated heterocycles. The molecule has 24 heavy (non-hydrogen) atoms. The van der Waals surface area contributed by atoms with Crippen LogP contribution >= 0.6 is 24.0 Å². The monoisotopic (exact) mass is 388 g/mol. The maximum Gasteiger partial charge on any atom is 0.422 e. The number of hydrogen-bond donors (Lipinski definition) is 2. The smallest absolute Gasteiger partial charge is 0.422 e. The number of nitrogens with one attached hydrogen (secondary N) is 1. The summed E-state index contributed by atoms with van der Waals surface area (Å²) < 4.78 is 47.0. The van der Waals surface area contributed by atoms with Crippen LogP contribution in [0.1, 0.15) is 12.8 Å². The molecule has 2 rings (SSSR count). The number of anilines is 1. The van der Waals surface area contributed by atoms with Crippen molar-refractivity contribution in [3.8, 4) is 5.75 Å². The van der Waals surface area contributed by atoms with Crippen molar-refractivity contribution in [3.63, 3.8) is 0 Å². The van der Waals surface area contributed by atoms with Gasteiger partial charge >= 0.3 is 6.18 Å². The fourth-order valence-corrected chi connectivity index (χ4v) is 2.33. The van der Waals surface area contributed by atoms with Crippen molar-refractivity contribution in [2.24, 2.45) is 5.73 Å². The minimum absolute atomic E-state index is 0. The van der Waals surface area contributed by atoms with E-state index in [4.69, 9.17) is 26.8 Å². The normalized spacial score (nSPS) is 20.4. The molecule has 0 saturated carbocycles. The number of benzene rings is 1. The third-order valence-electron chi connectivity index (χ3n) is 3.26. The van der Waals surface area contributed by atoms with E-state index in [0.717, 1.165) is 0 Å². The van der Waals surface area contributed by atoms with Gasteiger partial charge in [-0.15, -0.1) is 12.4 Å². The van der Waals surface area contributed by atoms with E-state index in [1.54, 1.807) is 0 Å². The summed E-state index contributed by atoms with van der Waals surface area (Å²) in [7, 11) is 0. The van der Waals surface area contributed by atoms with Crippen LogP contribution in [0.5, 0.6) is 5.75 Å². The molecule has 1 heterocycles. The number of rotatable bonds is 5. The average molecular weight is 389 g/mol. The summed E-state index contributed by atoms with van der Waals surface area (Å²) in [6, 6.07) is 4.03. The Kier molecular flexibility index (Phi) is 7.59. The molecule has 1 aromatic rings. The molecule has 10 heteroatoms. The first kappa shape index (κ1) is 20.8. The Balaban J connectivity index is 0.00000288. The first-order valence-electron chi connectivity index (χ1n) is 6.94. The largest absolute Gasteiger partial charge is 0.482 e.